The first-order valence-corrected chi connectivity index (χ1v) is 6.73. The van der Waals surface area contributed by atoms with E-state index in [1.165, 1.54) is 0 Å². The van der Waals surface area contributed by atoms with Crippen LogP contribution in [0.15, 0.2) is 48.5 Å². The summed E-state index contributed by atoms with van der Waals surface area (Å²) in [6, 6.07) is 16.5. The second-order valence-corrected chi connectivity index (χ2v) is 4.92. The van der Waals surface area contributed by atoms with Crippen LogP contribution in [0, 0.1) is 18.3 Å². The Morgan fingerprint density at radius 3 is 2.52 bits per heavy atom. The maximum absolute atomic E-state index is 12.0. The zero-order valence-electron chi connectivity index (χ0n) is 12.1. The summed E-state index contributed by atoms with van der Waals surface area (Å²) in [5.74, 6) is 0. The predicted molar refractivity (Wildman–Crippen MR) is 82.9 cm³/mol. The molecule has 0 radical (unpaired) electrons. The fraction of sp³-hybridized carbons (Fsp3) is 0.176. The number of anilines is 1. The van der Waals surface area contributed by atoms with E-state index < -0.39 is 0 Å². The van der Waals surface area contributed by atoms with E-state index in [4.69, 9.17) is 5.26 Å². The van der Waals surface area contributed by atoms with E-state index in [1.807, 2.05) is 50.2 Å². The number of carbonyl (C=O) groups excluding carboxylic acids is 1. The van der Waals surface area contributed by atoms with Gasteiger partial charge in [0.15, 0.2) is 0 Å². The Kier molecular flexibility index (Phi) is 4.57. The highest BCUT2D eigenvalue weighted by molar-refractivity contribution is 5.89. The number of urea groups is 1. The van der Waals surface area contributed by atoms with Crippen molar-refractivity contribution < 1.29 is 4.79 Å². The number of rotatable bonds is 3. The Labute approximate surface area is 124 Å². The van der Waals surface area contributed by atoms with Gasteiger partial charge in [0.25, 0.3) is 0 Å². The van der Waals surface area contributed by atoms with E-state index in [9.17, 15) is 4.79 Å². The molecule has 0 spiro atoms. The number of carbonyl (C=O) groups is 1. The van der Waals surface area contributed by atoms with Gasteiger partial charge in [-0.25, -0.2) is 4.79 Å². The molecule has 0 heterocycles. The molecule has 0 aliphatic rings. The van der Waals surface area contributed by atoms with Crippen LogP contribution in [0.25, 0.3) is 0 Å². The Morgan fingerprint density at radius 1 is 1.19 bits per heavy atom. The molecule has 2 aromatic rings. The molecule has 1 unspecified atom stereocenters. The standard InChI is InChI=1S/C17H17N3O/c1-12-4-3-5-16(10-12)20-17(21)19-13(2)15-8-6-14(11-18)7-9-15/h3-10,13H,1-2H3,(H2,19,20,21). The Balaban J connectivity index is 1.97. The molecule has 2 N–H and O–H groups in total. The Bertz CT molecular complexity index is 671. The number of nitriles is 1. The van der Waals surface area contributed by atoms with Crippen LogP contribution >= 0.6 is 0 Å². The fourth-order valence-corrected chi connectivity index (χ4v) is 2.02. The van der Waals surface area contributed by atoms with Crippen molar-refractivity contribution in [3.63, 3.8) is 0 Å². The van der Waals surface area contributed by atoms with E-state index in [0.29, 0.717) is 5.56 Å². The smallest absolute Gasteiger partial charge is 0.319 e. The van der Waals surface area contributed by atoms with E-state index >= 15 is 0 Å². The summed E-state index contributed by atoms with van der Waals surface area (Å²) >= 11 is 0. The second kappa shape index (κ2) is 6.58. The average Bonchev–Trinajstić information content (AvgIpc) is 2.47. The maximum Gasteiger partial charge on any atom is 0.319 e. The third-order valence-electron chi connectivity index (χ3n) is 3.16. The van der Waals surface area contributed by atoms with Gasteiger partial charge in [0.1, 0.15) is 0 Å². The van der Waals surface area contributed by atoms with Gasteiger partial charge in [0, 0.05) is 5.69 Å². The molecule has 0 bridgehead atoms. The number of nitrogens with one attached hydrogen (secondary N) is 2. The molecule has 0 saturated carbocycles. The van der Waals surface area contributed by atoms with E-state index in [1.54, 1.807) is 12.1 Å². The van der Waals surface area contributed by atoms with Crippen molar-refractivity contribution in [2.24, 2.45) is 0 Å². The van der Waals surface area contributed by atoms with Gasteiger partial charge >= 0.3 is 6.03 Å². The van der Waals surface area contributed by atoms with E-state index in [0.717, 1.165) is 16.8 Å². The van der Waals surface area contributed by atoms with Crippen LogP contribution in [0.4, 0.5) is 10.5 Å². The summed E-state index contributed by atoms with van der Waals surface area (Å²) in [6.07, 6.45) is 0. The topological polar surface area (TPSA) is 64.9 Å². The molecule has 1 atom stereocenters. The van der Waals surface area contributed by atoms with Crippen molar-refractivity contribution >= 4 is 11.7 Å². The molecular formula is C17H17N3O. The summed E-state index contributed by atoms with van der Waals surface area (Å²) in [7, 11) is 0. The van der Waals surface area contributed by atoms with Crippen LogP contribution in [0.2, 0.25) is 0 Å². The molecule has 0 fully saturated rings. The summed E-state index contributed by atoms with van der Waals surface area (Å²) in [6.45, 7) is 3.87. The molecule has 0 aromatic heterocycles. The van der Waals surface area contributed by atoms with E-state index in [2.05, 4.69) is 16.7 Å². The number of aryl methyl sites for hydroxylation is 1. The third-order valence-corrected chi connectivity index (χ3v) is 3.16. The minimum atomic E-state index is -0.252. The molecule has 0 saturated heterocycles. The highest BCUT2D eigenvalue weighted by atomic mass is 16.2. The summed E-state index contributed by atoms with van der Waals surface area (Å²) in [5.41, 5.74) is 3.41. The molecule has 4 nitrogen and oxygen atoms in total. The van der Waals surface area contributed by atoms with Gasteiger partial charge in [0.2, 0.25) is 0 Å². The van der Waals surface area contributed by atoms with Crippen molar-refractivity contribution in [2.45, 2.75) is 19.9 Å². The van der Waals surface area contributed by atoms with Crippen LogP contribution < -0.4 is 10.6 Å². The molecule has 21 heavy (non-hydrogen) atoms. The van der Waals surface area contributed by atoms with Gasteiger partial charge < -0.3 is 10.6 Å². The second-order valence-electron chi connectivity index (χ2n) is 4.92. The van der Waals surface area contributed by atoms with Crippen molar-refractivity contribution in [2.75, 3.05) is 5.32 Å². The quantitative estimate of drug-likeness (QED) is 0.898. The number of hydrogen-bond acceptors (Lipinski definition) is 2. The van der Waals surface area contributed by atoms with Crippen LogP contribution in [0.3, 0.4) is 0 Å². The highest BCUT2D eigenvalue weighted by Gasteiger charge is 2.09. The first-order valence-electron chi connectivity index (χ1n) is 6.73. The number of benzene rings is 2. The lowest BCUT2D eigenvalue weighted by Crippen LogP contribution is -2.31. The summed E-state index contributed by atoms with van der Waals surface area (Å²) in [5, 5.41) is 14.4. The molecule has 0 aliphatic carbocycles. The van der Waals surface area contributed by atoms with Crippen molar-refractivity contribution in [1.82, 2.24) is 5.32 Å². The highest BCUT2D eigenvalue weighted by Crippen LogP contribution is 2.14. The molecule has 0 aliphatic heterocycles. The van der Waals surface area contributed by atoms with Crippen LogP contribution in [-0.2, 0) is 0 Å². The first-order chi connectivity index (χ1) is 10.1. The first kappa shape index (κ1) is 14.6. The molecule has 106 valence electrons. The van der Waals surface area contributed by atoms with E-state index in [-0.39, 0.29) is 12.1 Å². The minimum absolute atomic E-state index is 0.137. The van der Waals surface area contributed by atoms with Crippen molar-refractivity contribution in [3.05, 3.63) is 65.2 Å². The van der Waals surface area contributed by atoms with Crippen LogP contribution in [-0.4, -0.2) is 6.03 Å². The lowest BCUT2D eigenvalue weighted by Gasteiger charge is -2.15. The molecule has 4 heteroatoms. The molecule has 2 amide bonds. The van der Waals surface area contributed by atoms with Gasteiger partial charge in [-0.15, -0.1) is 0 Å². The Morgan fingerprint density at radius 2 is 1.90 bits per heavy atom. The number of hydrogen-bond donors (Lipinski definition) is 2. The zero-order valence-corrected chi connectivity index (χ0v) is 12.1. The lowest BCUT2D eigenvalue weighted by molar-refractivity contribution is 0.249. The molecular weight excluding hydrogens is 262 g/mol. The third kappa shape index (κ3) is 4.08. The molecule has 2 aromatic carbocycles. The van der Waals surface area contributed by atoms with Gasteiger partial charge in [0.05, 0.1) is 17.7 Å². The lowest BCUT2D eigenvalue weighted by atomic mass is 10.1. The van der Waals surface area contributed by atoms with Crippen molar-refractivity contribution in [3.8, 4) is 6.07 Å². The van der Waals surface area contributed by atoms with Crippen LogP contribution in [0.5, 0.6) is 0 Å². The fourth-order valence-electron chi connectivity index (χ4n) is 2.02. The zero-order chi connectivity index (χ0) is 15.2. The Hall–Kier alpha value is -2.80. The largest absolute Gasteiger partial charge is 0.331 e. The number of nitrogens with zero attached hydrogens (tertiary/aromatic N) is 1. The maximum atomic E-state index is 12.0. The van der Waals surface area contributed by atoms with Crippen LogP contribution in [0.1, 0.15) is 29.7 Å². The normalized spacial score (nSPS) is 11.3. The summed E-state index contributed by atoms with van der Waals surface area (Å²) in [4.78, 5) is 12.0. The minimum Gasteiger partial charge on any atom is -0.331 e. The molecule has 2 rings (SSSR count). The average molecular weight is 279 g/mol. The summed E-state index contributed by atoms with van der Waals surface area (Å²) < 4.78 is 0. The van der Waals surface area contributed by atoms with Gasteiger partial charge in [-0.1, -0.05) is 24.3 Å². The van der Waals surface area contributed by atoms with Gasteiger partial charge in [-0.05, 0) is 49.2 Å². The SMILES string of the molecule is Cc1cccc(NC(=O)NC(C)c2ccc(C#N)cc2)c1. The monoisotopic (exact) mass is 279 g/mol. The predicted octanol–water partition coefficient (Wildman–Crippen LogP) is 3.75. The van der Waals surface area contributed by atoms with Gasteiger partial charge in [-0.2, -0.15) is 5.26 Å². The number of amides is 2. The van der Waals surface area contributed by atoms with Crippen molar-refractivity contribution in [1.29, 1.82) is 5.26 Å². The van der Waals surface area contributed by atoms with Gasteiger partial charge in [-0.3, -0.25) is 0 Å².